The number of nitrogens with zero attached hydrogens (tertiary/aromatic N) is 5. The molecule has 11 heteroatoms. The van der Waals surface area contributed by atoms with Crippen LogP contribution in [0.25, 0.3) is 11.2 Å². The number of hydrogen-bond acceptors (Lipinski definition) is 7. The Morgan fingerprint density at radius 2 is 2.18 bits per heavy atom. The van der Waals surface area contributed by atoms with Gasteiger partial charge >= 0.3 is 6.18 Å². The molecule has 120 valence electrons. The number of aromatic nitrogens is 5. The SMILES string of the molecule is CC(C1CNCCO1)n1nnc2c(N)nc(C(F)(F)F)nc21. The van der Waals surface area contributed by atoms with Crippen LogP contribution >= 0.6 is 0 Å². The van der Waals surface area contributed by atoms with Crippen LogP contribution in [0.15, 0.2) is 0 Å². The molecule has 8 nitrogen and oxygen atoms in total. The molecule has 2 atom stereocenters. The van der Waals surface area contributed by atoms with E-state index in [0.29, 0.717) is 13.2 Å². The third-order valence-corrected chi connectivity index (χ3v) is 3.48. The lowest BCUT2D eigenvalue weighted by atomic mass is 10.1. The number of hydrogen-bond donors (Lipinski definition) is 2. The molecule has 1 fully saturated rings. The lowest BCUT2D eigenvalue weighted by molar-refractivity contribution is -0.144. The fourth-order valence-electron chi connectivity index (χ4n) is 2.30. The quantitative estimate of drug-likeness (QED) is 0.824. The summed E-state index contributed by atoms with van der Waals surface area (Å²) in [5.41, 5.74) is 5.53. The van der Waals surface area contributed by atoms with Crippen molar-refractivity contribution in [2.45, 2.75) is 25.2 Å². The van der Waals surface area contributed by atoms with Crippen molar-refractivity contribution in [3.8, 4) is 0 Å². The van der Waals surface area contributed by atoms with Crippen molar-refractivity contribution in [3.63, 3.8) is 0 Å². The number of nitrogens with one attached hydrogen (secondary N) is 1. The highest BCUT2D eigenvalue weighted by atomic mass is 19.4. The molecule has 1 aliphatic heterocycles. The minimum atomic E-state index is -4.69. The molecule has 2 aromatic rings. The first-order valence-corrected chi connectivity index (χ1v) is 6.66. The van der Waals surface area contributed by atoms with Gasteiger partial charge in [0.25, 0.3) is 0 Å². The highest BCUT2D eigenvalue weighted by Gasteiger charge is 2.36. The molecule has 0 amide bonds. The molecule has 0 aliphatic carbocycles. The van der Waals surface area contributed by atoms with Gasteiger partial charge in [-0.05, 0) is 6.92 Å². The van der Waals surface area contributed by atoms with Crippen LogP contribution in [0.2, 0.25) is 0 Å². The average Bonchev–Trinajstić information content (AvgIpc) is 2.91. The van der Waals surface area contributed by atoms with Crippen LogP contribution in [0.1, 0.15) is 18.8 Å². The number of halogens is 3. The first-order chi connectivity index (χ1) is 10.4. The lowest BCUT2D eigenvalue weighted by Crippen LogP contribution is -2.42. The molecule has 0 bridgehead atoms. The molecule has 1 aliphatic rings. The summed E-state index contributed by atoms with van der Waals surface area (Å²) in [4.78, 5) is 6.77. The van der Waals surface area contributed by atoms with E-state index in [-0.39, 0.29) is 29.1 Å². The minimum Gasteiger partial charge on any atom is -0.382 e. The normalized spacial score (nSPS) is 21.2. The standard InChI is InChI=1S/C11H14F3N7O/c1-5(6-4-16-2-3-22-6)21-9-7(19-20-21)8(15)17-10(18-9)11(12,13)14/h5-6,16H,2-4H2,1H3,(H2,15,17,18). The molecule has 0 aromatic carbocycles. The molecular formula is C11H14F3N7O. The molecule has 0 spiro atoms. The average molecular weight is 317 g/mol. The fourth-order valence-corrected chi connectivity index (χ4v) is 2.30. The summed E-state index contributed by atoms with van der Waals surface area (Å²) in [5, 5.41) is 10.8. The predicted octanol–water partition coefficient (Wildman–Crippen LogP) is 0.372. The molecule has 0 saturated carbocycles. The van der Waals surface area contributed by atoms with Gasteiger partial charge in [-0.1, -0.05) is 5.21 Å². The zero-order valence-electron chi connectivity index (χ0n) is 11.6. The molecule has 22 heavy (non-hydrogen) atoms. The molecule has 3 N–H and O–H groups in total. The van der Waals surface area contributed by atoms with Crippen LogP contribution in [0.4, 0.5) is 19.0 Å². The largest absolute Gasteiger partial charge is 0.451 e. The summed E-state index contributed by atoms with van der Waals surface area (Å²) >= 11 is 0. The van der Waals surface area contributed by atoms with E-state index in [1.54, 1.807) is 6.92 Å². The fraction of sp³-hybridized carbons (Fsp3) is 0.636. The lowest BCUT2D eigenvalue weighted by Gasteiger charge is -2.28. The minimum absolute atomic E-state index is 0.0450. The van der Waals surface area contributed by atoms with E-state index < -0.39 is 12.0 Å². The number of anilines is 1. The first kappa shape index (κ1) is 14.9. The summed E-state index contributed by atoms with van der Waals surface area (Å²) < 4.78 is 45.4. The maximum absolute atomic E-state index is 12.8. The van der Waals surface area contributed by atoms with Crippen LogP contribution in [-0.2, 0) is 10.9 Å². The van der Waals surface area contributed by atoms with Crippen molar-refractivity contribution >= 4 is 17.0 Å². The Bertz CT molecular complexity index is 680. The summed E-state index contributed by atoms with van der Waals surface area (Å²) in [6.45, 7) is 3.59. The Hall–Kier alpha value is -2.01. The Morgan fingerprint density at radius 1 is 1.41 bits per heavy atom. The van der Waals surface area contributed by atoms with Crippen molar-refractivity contribution in [1.29, 1.82) is 0 Å². The van der Waals surface area contributed by atoms with Crippen LogP contribution in [0.5, 0.6) is 0 Å². The predicted molar refractivity (Wildman–Crippen MR) is 69.9 cm³/mol. The van der Waals surface area contributed by atoms with E-state index >= 15 is 0 Å². The van der Waals surface area contributed by atoms with Gasteiger partial charge in [-0.15, -0.1) is 5.10 Å². The summed E-state index contributed by atoms with van der Waals surface area (Å²) in [6.07, 6.45) is -4.94. The van der Waals surface area contributed by atoms with Gasteiger partial charge in [-0.2, -0.15) is 13.2 Å². The van der Waals surface area contributed by atoms with Crippen molar-refractivity contribution < 1.29 is 17.9 Å². The van der Waals surface area contributed by atoms with Crippen LogP contribution in [0.3, 0.4) is 0 Å². The molecule has 2 unspecified atom stereocenters. The molecule has 1 saturated heterocycles. The van der Waals surface area contributed by atoms with Crippen molar-refractivity contribution in [1.82, 2.24) is 30.3 Å². The van der Waals surface area contributed by atoms with E-state index in [1.807, 2.05) is 0 Å². The highest BCUT2D eigenvalue weighted by molar-refractivity contribution is 5.80. The Balaban J connectivity index is 2.04. The molecular weight excluding hydrogens is 303 g/mol. The van der Waals surface area contributed by atoms with E-state index in [4.69, 9.17) is 10.5 Å². The Morgan fingerprint density at radius 3 is 2.82 bits per heavy atom. The van der Waals surface area contributed by atoms with Gasteiger partial charge in [0.15, 0.2) is 17.0 Å². The van der Waals surface area contributed by atoms with Gasteiger partial charge in [0, 0.05) is 13.1 Å². The highest BCUT2D eigenvalue weighted by Crippen LogP contribution is 2.29. The molecule has 3 heterocycles. The first-order valence-electron chi connectivity index (χ1n) is 6.66. The summed E-state index contributed by atoms with van der Waals surface area (Å²) in [5.74, 6) is -1.66. The number of ether oxygens (including phenoxy) is 1. The van der Waals surface area contributed by atoms with Gasteiger partial charge in [-0.3, -0.25) is 0 Å². The number of rotatable bonds is 2. The number of fused-ring (bicyclic) bond motifs is 1. The third-order valence-electron chi connectivity index (χ3n) is 3.48. The zero-order valence-corrected chi connectivity index (χ0v) is 11.6. The summed E-state index contributed by atoms with van der Waals surface area (Å²) in [6, 6.07) is -0.354. The molecule has 0 radical (unpaired) electrons. The van der Waals surface area contributed by atoms with E-state index in [2.05, 4.69) is 25.6 Å². The molecule has 3 rings (SSSR count). The maximum Gasteiger partial charge on any atom is 0.451 e. The maximum atomic E-state index is 12.8. The van der Waals surface area contributed by atoms with E-state index in [0.717, 1.165) is 6.54 Å². The monoisotopic (exact) mass is 317 g/mol. The topological polar surface area (TPSA) is 104 Å². The van der Waals surface area contributed by atoms with Gasteiger partial charge < -0.3 is 15.8 Å². The Labute approximate surface area is 122 Å². The number of alkyl halides is 3. The van der Waals surface area contributed by atoms with Crippen molar-refractivity contribution in [2.75, 3.05) is 25.4 Å². The summed E-state index contributed by atoms with van der Waals surface area (Å²) in [7, 11) is 0. The number of nitrogen functional groups attached to an aromatic ring is 1. The Kier molecular flexibility index (Phi) is 3.60. The molecule has 2 aromatic heterocycles. The number of nitrogens with two attached hydrogens (primary N) is 1. The van der Waals surface area contributed by atoms with Crippen molar-refractivity contribution in [3.05, 3.63) is 5.82 Å². The smallest absolute Gasteiger partial charge is 0.382 e. The zero-order chi connectivity index (χ0) is 15.9. The van der Waals surface area contributed by atoms with E-state index in [9.17, 15) is 13.2 Å². The van der Waals surface area contributed by atoms with Gasteiger partial charge in [0.1, 0.15) is 0 Å². The van der Waals surface area contributed by atoms with Crippen LogP contribution in [0, 0.1) is 0 Å². The second-order valence-corrected chi connectivity index (χ2v) is 4.99. The van der Waals surface area contributed by atoms with Crippen molar-refractivity contribution in [2.24, 2.45) is 0 Å². The van der Waals surface area contributed by atoms with Gasteiger partial charge in [-0.25, -0.2) is 14.6 Å². The van der Waals surface area contributed by atoms with E-state index in [1.165, 1.54) is 4.68 Å². The van der Waals surface area contributed by atoms with Gasteiger partial charge in [0.2, 0.25) is 5.82 Å². The van der Waals surface area contributed by atoms with Crippen LogP contribution < -0.4 is 11.1 Å². The number of morpholine rings is 1. The second kappa shape index (κ2) is 5.32. The van der Waals surface area contributed by atoms with Crippen LogP contribution in [-0.4, -0.2) is 50.8 Å². The second-order valence-electron chi connectivity index (χ2n) is 4.99. The van der Waals surface area contributed by atoms with Gasteiger partial charge in [0.05, 0.1) is 18.8 Å². The third kappa shape index (κ3) is 2.57.